The molecule has 0 spiro atoms. The molecule has 0 amide bonds. The lowest BCUT2D eigenvalue weighted by atomic mass is 9.93. The number of hydrogen-bond donors (Lipinski definition) is 2. The molecular weight excluding hydrogens is 178 g/mol. The highest BCUT2D eigenvalue weighted by molar-refractivity contribution is 5.43. The molecule has 0 radical (unpaired) electrons. The van der Waals surface area contributed by atoms with Gasteiger partial charge in [-0.25, -0.2) is 0 Å². The van der Waals surface area contributed by atoms with E-state index < -0.39 is 0 Å². The van der Waals surface area contributed by atoms with Gasteiger partial charge in [0.2, 0.25) is 0 Å². The lowest BCUT2D eigenvalue weighted by Crippen LogP contribution is -2.15. The van der Waals surface area contributed by atoms with Gasteiger partial charge < -0.3 is 10.5 Å². The number of H-pyrrole nitrogens is 1. The summed E-state index contributed by atoms with van der Waals surface area (Å²) in [5.41, 5.74) is 8.21. The van der Waals surface area contributed by atoms with Gasteiger partial charge in [-0.1, -0.05) is 6.92 Å². The number of rotatable bonds is 2. The Balaban J connectivity index is 2.21. The Morgan fingerprint density at radius 1 is 1.50 bits per heavy atom. The van der Waals surface area contributed by atoms with Crippen LogP contribution in [0.3, 0.4) is 0 Å². The molecule has 2 rings (SSSR count). The van der Waals surface area contributed by atoms with Crippen LogP contribution in [0.2, 0.25) is 0 Å². The van der Waals surface area contributed by atoms with Crippen LogP contribution < -0.4 is 5.73 Å². The van der Waals surface area contributed by atoms with Crippen LogP contribution >= 0.6 is 0 Å². The molecule has 14 heavy (non-hydrogen) atoms. The zero-order chi connectivity index (χ0) is 9.97. The van der Waals surface area contributed by atoms with E-state index in [1.165, 1.54) is 11.3 Å². The summed E-state index contributed by atoms with van der Waals surface area (Å²) in [5.74, 6) is 1.22. The van der Waals surface area contributed by atoms with Gasteiger partial charge in [-0.05, 0) is 19.3 Å². The first-order chi connectivity index (χ1) is 6.83. The number of ether oxygens (including phenoxy) is 1. The number of nitrogens with two attached hydrogens (primary N) is 1. The van der Waals surface area contributed by atoms with Gasteiger partial charge in [0.15, 0.2) is 0 Å². The van der Waals surface area contributed by atoms with Crippen LogP contribution in [0.5, 0.6) is 0 Å². The Morgan fingerprint density at radius 3 is 2.86 bits per heavy atom. The summed E-state index contributed by atoms with van der Waals surface area (Å²) in [6.45, 7) is 3.82. The number of hydrogen-bond acceptors (Lipinski definition) is 3. The smallest absolute Gasteiger partial charge is 0.148 e. The molecule has 2 heterocycles. The number of aromatic amines is 1. The highest BCUT2D eigenvalue weighted by Crippen LogP contribution is 2.30. The second-order valence-corrected chi connectivity index (χ2v) is 3.74. The van der Waals surface area contributed by atoms with Crippen molar-refractivity contribution in [2.75, 3.05) is 18.9 Å². The third-order valence-electron chi connectivity index (χ3n) is 2.91. The lowest BCUT2D eigenvalue weighted by Gasteiger charge is -2.21. The molecule has 0 aromatic carbocycles. The van der Waals surface area contributed by atoms with Crippen LogP contribution in [0, 0.1) is 0 Å². The van der Waals surface area contributed by atoms with Crippen molar-refractivity contribution >= 4 is 5.82 Å². The first kappa shape index (κ1) is 9.52. The summed E-state index contributed by atoms with van der Waals surface area (Å²) in [6.07, 6.45) is 3.11. The minimum atomic E-state index is 0.559. The SMILES string of the molecule is CCc1c(N)n[nH]c1C1CCOCC1. The quantitative estimate of drug-likeness (QED) is 0.750. The molecule has 0 bridgehead atoms. The van der Waals surface area contributed by atoms with E-state index in [0.29, 0.717) is 11.7 Å². The average Bonchev–Trinajstić information content (AvgIpc) is 2.61. The predicted molar refractivity (Wildman–Crippen MR) is 55.2 cm³/mol. The molecule has 4 nitrogen and oxygen atoms in total. The Labute approximate surface area is 83.8 Å². The van der Waals surface area contributed by atoms with E-state index in [2.05, 4.69) is 17.1 Å². The Morgan fingerprint density at radius 2 is 2.21 bits per heavy atom. The monoisotopic (exact) mass is 195 g/mol. The molecular formula is C10H17N3O. The van der Waals surface area contributed by atoms with Crippen molar-refractivity contribution in [2.45, 2.75) is 32.1 Å². The van der Waals surface area contributed by atoms with Crippen LogP contribution in [-0.4, -0.2) is 23.4 Å². The summed E-state index contributed by atoms with van der Waals surface area (Å²) in [4.78, 5) is 0. The van der Waals surface area contributed by atoms with Crippen LogP contribution in [0.4, 0.5) is 5.82 Å². The summed E-state index contributed by atoms with van der Waals surface area (Å²) < 4.78 is 5.34. The van der Waals surface area contributed by atoms with Crippen LogP contribution in [-0.2, 0) is 11.2 Å². The lowest BCUT2D eigenvalue weighted by molar-refractivity contribution is 0.0843. The van der Waals surface area contributed by atoms with Crippen molar-refractivity contribution in [2.24, 2.45) is 0 Å². The van der Waals surface area contributed by atoms with Crippen LogP contribution in [0.15, 0.2) is 0 Å². The number of nitrogen functional groups attached to an aromatic ring is 1. The highest BCUT2D eigenvalue weighted by atomic mass is 16.5. The molecule has 0 saturated carbocycles. The van der Waals surface area contributed by atoms with Gasteiger partial charge in [0, 0.05) is 30.4 Å². The zero-order valence-electron chi connectivity index (χ0n) is 8.55. The van der Waals surface area contributed by atoms with Gasteiger partial charge in [0.05, 0.1) is 0 Å². The first-order valence-corrected chi connectivity index (χ1v) is 5.23. The molecule has 0 aliphatic carbocycles. The normalized spacial score (nSPS) is 18.6. The Bertz CT molecular complexity index is 302. The number of anilines is 1. The minimum Gasteiger partial charge on any atom is -0.382 e. The molecule has 78 valence electrons. The van der Waals surface area contributed by atoms with Crippen molar-refractivity contribution in [3.05, 3.63) is 11.3 Å². The summed E-state index contributed by atoms with van der Waals surface area (Å²) in [7, 11) is 0. The maximum atomic E-state index is 5.78. The molecule has 1 aliphatic rings. The molecule has 4 heteroatoms. The first-order valence-electron chi connectivity index (χ1n) is 5.23. The topological polar surface area (TPSA) is 63.9 Å². The van der Waals surface area contributed by atoms with E-state index in [4.69, 9.17) is 10.5 Å². The second-order valence-electron chi connectivity index (χ2n) is 3.74. The van der Waals surface area contributed by atoms with Crippen molar-refractivity contribution in [1.29, 1.82) is 0 Å². The fourth-order valence-corrected chi connectivity index (χ4v) is 2.09. The van der Waals surface area contributed by atoms with E-state index in [0.717, 1.165) is 32.5 Å². The third kappa shape index (κ3) is 1.62. The molecule has 1 aromatic rings. The second kappa shape index (κ2) is 4.00. The summed E-state index contributed by atoms with van der Waals surface area (Å²) >= 11 is 0. The van der Waals surface area contributed by atoms with Gasteiger partial charge in [0.1, 0.15) is 5.82 Å². The molecule has 1 aliphatic heterocycles. The van der Waals surface area contributed by atoms with Crippen molar-refractivity contribution < 1.29 is 4.74 Å². The van der Waals surface area contributed by atoms with Crippen LogP contribution in [0.25, 0.3) is 0 Å². The van der Waals surface area contributed by atoms with Gasteiger partial charge in [0.25, 0.3) is 0 Å². The number of nitrogens with one attached hydrogen (secondary N) is 1. The van der Waals surface area contributed by atoms with Crippen molar-refractivity contribution in [1.82, 2.24) is 10.2 Å². The van der Waals surface area contributed by atoms with Crippen LogP contribution in [0.1, 0.15) is 36.9 Å². The van der Waals surface area contributed by atoms with E-state index in [-0.39, 0.29) is 0 Å². The third-order valence-corrected chi connectivity index (χ3v) is 2.91. The summed E-state index contributed by atoms with van der Waals surface area (Å²) in [6, 6.07) is 0. The Kier molecular flexibility index (Phi) is 2.72. The van der Waals surface area contributed by atoms with E-state index in [1.807, 2.05) is 0 Å². The molecule has 0 atom stereocenters. The van der Waals surface area contributed by atoms with Crippen molar-refractivity contribution in [3.8, 4) is 0 Å². The fourth-order valence-electron chi connectivity index (χ4n) is 2.09. The number of aromatic nitrogens is 2. The molecule has 1 fully saturated rings. The average molecular weight is 195 g/mol. The van der Waals surface area contributed by atoms with Gasteiger partial charge >= 0.3 is 0 Å². The standard InChI is InChI=1S/C10H17N3O/c1-2-8-9(12-13-10(8)11)7-3-5-14-6-4-7/h7H,2-6H2,1H3,(H3,11,12,13). The van der Waals surface area contributed by atoms with E-state index in [1.54, 1.807) is 0 Å². The predicted octanol–water partition coefficient (Wildman–Crippen LogP) is 1.45. The van der Waals surface area contributed by atoms with Gasteiger partial charge in [-0.15, -0.1) is 0 Å². The Hall–Kier alpha value is -1.03. The number of nitrogens with zero attached hydrogens (tertiary/aromatic N) is 1. The van der Waals surface area contributed by atoms with E-state index >= 15 is 0 Å². The summed E-state index contributed by atoms with van der Waals surface area (Å²) in [5, 5.41) is 7.14. The molecule has 1 aromatic heterocycles. The minimum absolute atomic E-state index is 0.559. The molecule has 0 unspecified atom stereocenters. The fraction of sp³-hybridized carbons (Fsp3) is 0.700. The molecule has 1 saturated heterocycles. The highest BCUT2D eigenvalue weighted by Gasteiger charge is 2.21. The van der Waals surface area contributed by atoms with Gasteiger partial charge in [-0.3, -0.25) is 5.10 Å². The molecule has 3 N–H and O–H groups in total. The maximum absolute atomic E-state index is 5.78. The van der Waals surface area contributed by atoms with E-state index in [9.17, 15) is 0 Å². The van der Waals surface area contributed by atoms with Crippen molar-refractivity contribution in [3.63, 3.8) is 0 Å². The largest absolute Gasteiger partial charge is 0.382 e. The zero-order valence-corrected chi connectivity index (χ0v) is 8.55. The van der Waals surface area contributed by atoms with Gasteiger partial charge in [-0.2, -0.15) is 5.10 Å². The maximum Gasteiger partial charge on any atom is 0.148 e.